The van der Waals surface area contributed by atoms with Crippen molar-refractivity contribution in [3.8, 4) is 0 Å². The molecule has 7 nitrogen and oxygen atoms in total. The van der Waals surface area contributed by atoms with E-state index in [1.54, 1.807) is 0 Å². The highest BCUT2D eigenvalue weighted by Gasteiger charge is 2.62. The Morgan fingerprint density at radius 3 is 2.57 bits per heavy atom. The van der Waals surface area contributed by atoms with Gasteiger partial charge in [-0.15, -0.1) is 0 Å². The van der Waals surface area contributed by atoms with Gasteiger partial charge in [0.2, 0.25) is 11.8 Å². The van der Waals surface area contributed by atoms with Crippen LogP contribution in [0.1, 0.15) is 41.5 Å². The number of benzene rings is 2. The van der Waals surface area contributed by atoms with Crippen molar-refractivity contribution in [2.45, 2.75) is 52.1 Å². The zero-order valence-electron chi connectivity index (χ0n) is 20.0. The number of fused-ring (bicyclic) bond motifs is 5. The minimum atomic E-state index is -1.36. The van der Waals surface area contributed by atoms with Crippen LogP contribution in [0.2, 0.25) is 0 Å². The van der Waals surface area contributed by atoms with Crippen molar-refractivity contribution >= 4 is 34.6 Å². The first kappa shape index (κ1) is 21.8. The van der Waals surface area contributed by atoms with Crippen LogP contribution in [0.25, 0.3) is 10.9 Å². The molecular formula is C28H28N4O3. The highest BCUT2D eigenvalue weighted by molar-refractivity contribution is 6.20. The lowest BCUT2D eigenvalue weighted by Crippen LogP contribution is -2.72. The molecular weight excluding hydrogens is 440 g/mol. The average Bonchev–Trinajstić information content (AvgIpc) is 2.85. The van der Waals surface area contributed by atoms with Gasteiger partial charge in [0.25, 0.3) is 0 Å². The van der Waals surface area contributed by atoms with Crippen molar-refractivity contribution in [2.75, 3.05) is 11.4 Å². The zero-order chi connectivity index (χ0) is 24.3. The largest absolute Gasteiger partial charge is 0.352 e. The molecule has 0 unspecified atom stereocenters. The van der Waals surface area contributed by atoms with Crippen LogP contribution in [-0.4, -0.2) is 40.3 Å². The van der Waals surface area contributed by atoms with Gasteiger partial charge in [0.1, 0.15) is 5.82 Å². The van der Waals surface area contributed by atoms with Crippen LogP contribution in [0, 0.1) is 19.3 Å². The molecule has 6 rings (SSSR count). The number of carbonyl (C=O) groups is 3. The molecule has 0 saturated carbocycles. The van der Waals surface area contributed by atoms with Gasteiger partial charge in [0.05, 0.1) is 18.1 Å². The summed E-state index contributed by atoms with van der Waals surface area (Å²) >= 11 is 0. The number of urea groups is 1. The van der Waals surface area contributed by atoms with E-state index >= 15 is 0 Å². The molecule has 3 aromatic rings. The molecule has 0 radical (unpaired) electrons. The first-order valence-corrected chi connectivity index (χ1v) is 12.3. The molecule has 4 heterocycles. The van der Waals surface area contributed by atoms with Crippen LogP contribution < -0.4 is 10.2 Å². The molecule has 1 N–H and O–H groups in total. The van der Waals surface area contributed by atoms with Crippen LogP contribution in [0.3, 0.4) is 0 Å². The van der Waals surface area contributed by atoms with E-state index in [2.05, 4.69) is 22.3 Å². The highest BCUT2D eigenvalue weighted by atomic mass is 16.2. The van der Waals surface area contributed by atoms with E-state index < -0.39 is 23.3 Å². The normalized spacial score (nSPS) is 23.9. The second-order valence-electron chi connectivity index (χ2n) is 10.2. The number of aryl methyl sites for hydroxylation is 2. The lowest BCUT2D eigenvalue weighted by atomic mass is 9.66. The van der Waals surface area contributed by atoms with Crippen LogP contribution in [0.15, 0.2) is 48.5 Å². The number of rotatable bonds is 2. The maximum Gasteiger partial charge on any atom is 0.331 e. The quantitative estimate of drug-likeness (QED) is 0.574. The van der Waals surface area contributed by atoms with E-state index in [0.29, 0.717) is 6.42 Å². The molecule has 3 aliphatic rings. The SMILES string of the molecule is Cc1ccc(CN2C(=O)NC(=O)[C@@]3(Cc4cc5cc(C)ccc5nc4N4CCCC[C@@H]43)C2=O)cc1. The van der Waals surface area contributed by atoms with Gasteiger partial charge in [0.15, 0.2) is 5.41 Å². The summed E-state index contributed by atoms with van der Waals surface area (Å²) in [6.07, 6.45) is 2.85. The van der Waals surface area contributed by atoms with Crippen molar-refractivity contribution in [1.29, 1.82) is 0 Å². The van der Waals surface area contributed by atoms with E-state index in [1.807, 2.05) is 50.2 Å². The Bertz CT molecular complexity index is 1380. The monoisotopic (exact) mass is 468 g/mol. The fourth-order valence-electron chi connectivity index (χ4n) is 6.00. The van der Waals surface area contributed by atoms with Gasteiger partial charge in [0, 0.05) is 18.4 Å². The number of hydrogen-bond acceptors (Lipinski definition) is 5. The molecule has 4 amide bonds. The summed E-state index contributed by atoms with van der Waals surface area (Å²) in [6, 6.07) is 15.0. The number of piperidine rings is 1. The highest BCUT2D eigenvalue weighted by Crippen LogP contribution is 2.47. The van der Waals surface area contributed by atoms with Gasteiger partial charge in [-0.2, -0.15) is 0 Å². The lowest BCUT2D eigenvalue weighted by molar-refractivity contribution is -0.154. The van der Waals surface area contributed by atoms with Gasteiger partial charge in [-0.1, -0.05) is 41.5 Å². The third-order valence-corrected chi connectivity index (χ3v) is 7.80. The van der Waals surface area contributed by atoms with Gasteiger partial charge >= 0.3 is 6.03 Å². The molecule has 7 heteroatoms. The summed E-state index contributed by atoms with van der Waals surface area (Å²) in [4.78, 5) is 49.0. The standard InChI is InChI=1S/C28H28N4O3/c1-17-6-9-19(10-7-17)16-32-26(34)28(25(33)30-27(32)35)15-21-14-20-13-18(2)8-11-22(20)29-24(21)31-12-4-3-5-23(28)31/h6-11,13-14,23H,3-5,12,15-16H2,1-2H3,(H,30,33,35)/t23-,28+/m1/s1. The van der Waals surface area contributed by atoms with Crippen molar-refractivity contribution < 1.29 is 14.4 Å². The molecule has 178 valence electrons. The lowest BCUT2D eigenvalue weighted by Gasteiger charge is -2.53. The van der Waals surface area contributed by atoms with Crippen molar-refractivity contribution in [2.24, 2.45) is 5.41 Å². The molecule has 2 saturated heterocycles. The number of amides is 4. The fourth-order valence-corrected chi connectivity index (χ4v) is 6.00. The van der Waals surface area contributed by atoms with Crippen molar-refractivity contribution in [3.05, 3.63) is 70.8 Å². The van der Waals surface area contributed by atoms with E-state index in [0.717, 1.165) is 58.4 Å². The van der Waals surface area contributed by atoms with E-state index in [-0.39, 0.29) is 19.0 Å². The maximum absolute atomic E-state index is 14.2. The van der Waals surface area contributed by atoms with Crippen LogP contribution in [0.5, 0.6) is 0 Å². The molecule has 2 fully saturated rings. The van der Waals surface area contributed by atoms with Gasteiger partial charge < -0.3 is 4.90 Å². The van der Waals surface area contributed by atoms with Gasteiger partial charge in [-0.05, 0) is 62.4 Å². The van der Waals surface area contributed by atoms with Gasteiger partial charge in [-0.3, -0.25) is 19.8 Å². The summed E-state index contributed by atoms with van der Waals surface area (Å²) in [6.45, 7) is 4.89. The molecule has 2 aromatic carbocycles. The predicted octanol–water partition coefficient (Wildman–Crippen LogP) is 4.03. The van der Waals surface area contributed by atoms with Crippen molar-refractivity contribution in [3.63, 3.8) is 0 Å². The number of barbiturate groups is 1. The number of imide groups is 2. The Kier molecular flexibility index (Phi) is 4.91. The number of carbonyl (C=O) groups excluding carboxylic acids is 3. The van der Waals surface area contributed by atoms with E-state index in [9.17, 15) is 14.4 Å². The van der Waals surface area contributed by atoms with E-state index in [1.165, 1.54) is 4.90 Å². The number of nitrogens with one attached hydrogen (secondary N) is 1. The molecule has 2 atom stereocenters. The number of hydrogen-bond donors (Lipinski definition) is 1. The van der Waals surface area contributed by atoms with E-state index in [4.69, 9.17) is 4.98 Å². The summed E-state index contributed by atoms with van der Waals surface area (Å²) < 4.78 is 0. The zero-order valence-corrected chi connectivity index (χ0v) is 20.0. The molecule has 3 aliphatic heterocycles. The molecule has 35 heavy (non-hydrogen) atoms. The Hall–Kier alpha value is -3.74. The van der Waals surface area contributed by atoms with Crippen molar-refractivity contribution in [1.82, 2.24) is 15.2 Å². The maximum atomic E-state index is 14.2. The smallest absolute Gasteiger partial charge is 0.331 e. The average molecular weight is 469 g/mol. The third kappa shape index (κ3) is 3.32. The second kappa shape index (κ2) is 7.90. The summed E-state index contributed by atoms with van der Waals surface area (Å²) in [7, 11) is 0. The summed E-state index contributed by atoms with van der Waals surface area (Å²) in [5.74, 6) is -0.0301. The molecule has 0 bridgehead atoms. The number of nitrogens with zero attached hydrogens (tertiary/aromatic N) is 3. The molecule has 1 aromatic heterocycles. The van der Waals surface area contributed by atoms with Crippen LogP contribution >= 0.6 is 0 Å². The Morgan fingerprint density at radius 1 is 1.00 bits per heavy atom. The Morgan fingerprint density at radius 2 is 1.77 bits per heavy atom. The molecule has 1 spiro atoms. The minimum absolute atomic E-state index is 0.134. The first-order chi connectivity index (χ1) is 16.9. The molecule has 0 aliphatic carbocycles. The predicted molar refractivity (Wildman–Crippen MR) is 133 cm³/mol. The topological polar surface area (TPSA) is 82.6 Å². The minimum Gasteiger partial charge on any atom is -0.352 e. The third-order valence-electron chi connectivity index (χ3n) is 7.80. The summed E-state index contributed by atoms with van der Waals surface area (Å²) in [5.41, 5.74) is 3.52. The Balaban J connectivity index is 1.47. The fraction of sp³-hybridized carbons (Fsp3) is 0.357. The van der Waals surface area contributed by atoms with Crippen LogP contribution in [0.4, 0.5) is 10.6 Å². The van der Waals surface area contributed by atoms with Crippen LogP contribution in [-0.2, 0) is 22.6 Å². The van der Waals surface area contributed by atoms with Gasteiger partial charge in [-0.25, -0.2) is 9.78 Å². The number of anilines is 1. The summed E-state index contributed by atoms with van der Waals surface area (Å²) in [5, 5.41) is 3.53. The second-order valence-corrected chi connectivity index (χ2v) is 10.2. The number of pyridine rings is 1. The Labute approximate surface area is 204 Å². The first-order valence-electron chi connectivity index (χ1n) is 12.3. The number of aromatic nitrogens is 1.